The number of carbonyl (C=O) groups is 1. The van der Waals surface area contributed by atoms with Gasteiger partial charge in [0.2, 0.25) is 10.0 Å². The number of nitrogens with one attached hydrogen (secondary N) is 1. The second kappa shape index (κ2) is 10.4. The molecule has 28 heavy (non-hydrogen) atoms. The molecule has 2 aromatic rings. The number of hydrogen-bond acceptors (Lipinski definition) is 6. The Hall–Kier alpha value is -2.13. The molecule has 0 aliphatic carbocycles. The van der Waals surface area contributed by atoms with E-state index in [2.05, 4.69) is 22.4 Å². The Morgan fingerprint density at radius 3 is 2.50 bits per heavy atom. The number of carbonyl (C=O) groups excluding carboxylic acids is 1. The second-order valence-corrected chi connectivity index (χ2v) is 9.50. The summed E-state index contributed by atoms with van der Waals surface area (Å²) in [4.78, 5) is 12.6. The fraction of sp³-hybridized carbons (Fsp3) is 0.421. The van der Waals surface area contributed by atoms with Gasteiger partial charge < -0.3 is 5.32 Å². The molecule has 0 saturated carbocycles. The number of rotatable bonds is 10. The van der Waals surface area contributed by atoms with Gasteiger partial charge in [-0.2, -0.15) is 0 Å². The summed E-state index contributed by atoms with van der Waals surface area (Å²) in [6.07, 6.45) is 5.90. The maximum absolute atomic E-state index is 12.6. The molecule has 0 fully saturated rings. The van der Waals surface area contributed by atoms with Gasteiger partial charge >= 0.3 is 0 Å². The van der Waals surface area contributed by atoms with Gasteiger partial charge in [0.1, 0.15) is 5.03 Å². The maximum atomic E-state index is 12.6. The highest BCUT2D eigenvalue weighted by Crippen LogP contribution is 2.23. The first-order chi connectivity index (χ1) is 13.3. The van der Waals surface area contributed by atoms with Crippen LogP contribution in [0, 0.1) is 0 Å². The van der Waals surface area contributed by atoms with E-state index in [-0.39, 0.29) is 5.56 Å². The molecule has 0 bridgehead atoms. The van der Waals surface area contributed by atoms with Crippen LogP contribution >= 0.6 is 11.8 Å². The summed E-state index contributed by atoms with van der Waals surface area (Å²) in [5.41, 5.74) is 0.543. The quantitative estimate of drug-likeness (QED) is 0.462. The summed E-state index contributed by atoms with van der Waals surface area (Å²) in [7, 11) is -2.07. The van der Waals surface area contributed by atoms with Crippen molar-refractivity contribution < 1.29 is 13.2 Å². The predicted molar refractivity (Wildman–Crippen MR) is 115 cm³/mol. The van der Waals surface area contributed by atoms with E-state index in [4.69, 9.17) is 0 Å². The van der Waals surface area contributed by atoms with Crippen LogP contribution in [0.25, 0.3) is 0 Å². The lowest BCUT2D eigenvalue weighted by atomic mass is 10.1. The fourth-order valence-electron chi connectivity index (χ4n) is 2.47. The Balaban J connectivity index is 2.02. The highest BCUT2D eigenvalue weighted by Gasteiger charge is 2.19. The van der Waals surface area contributed by atoms with Gasteiger partial charge in [-0.3, -0.25) is 9.10 Å². The molecule has 9 heteroatoms. The number of hydrogen-bond donors (Lipinski definition) is 1. The molecular formula is C19H26N4O3S2. The molecule has 0 atom stereocenters. The summed E-state index contributed by atoms with van der Waals surface area (Å²) in [6.45, 7) is 2.18. The molecule has 1 N–H and O–H groups in total. The standard InChI is InChI=1S/C19H26N4O3S2/c1-4-5-6-9-14-27-18-13-12-17(21-22-18)20-19(24)15-10-7-8-11-16(15)23(2)28(3,25)26/h7-8,10-13H,4-6,9,14H2,1-3H3,(H,20,21,24). The van der Waals surface area contributed by atoms with Crippen LogP contribution in [0.3, 0.4) is 0 Å². The van der Waals surface area contributed by atoms with Gasteiger partial charge in [-0.1, -0.05) is 38.3 Å². The van der Waals surface area contributed by atoms with Crippen molar-refractivity contribution >= 4 is 39.2 Å². The summed E-state index contributed by atoms with van der Waals surface area (Å²) < 4.78 is 24.7. The minimum Gasteiger partial charge on any atom is -0.305 e. The zero-order chi connectivity index (χ0) is 20.6. The van der Waals surface area contributed by atoms with E-state index in [1.165, 1.54) is 26.3 Å². The number of aromatic nitrogens is 2. The van der Waals surface area contributed by atoms with Crippen molar-refractivity contribution in [1.29, 1.82) is 0 Å². The SMILES string of the molecule is CCCCCCSc1ccc(NC(=O)c2ccccc2N(C)S(C)(=O)=O)nn1. The number of nitrogens with zero attached hydrogens (tertiary/aromatic N) is 3. The van der Waals surface area contributed by atoms with Gasteiger partial charge in [0.05, 0.1) is 17.5 Å². The van der Waals surface area contributed by atoms with Gasteiger partial charge in [-0.25, -0.2) is 8.42 Å². The van der Waals surface area contributed by atoms with Gasteiger partial charge in [0.25, 0.3) is 5.91 Å². The summed E-state index contributed by atoms with van der Waals surface area (Å²) in [5, 5.41) is 11.7. The van der Waals surface area contributed by atoms with Crippen molar-refractivity contribution in [1.82, 2.24) is 10.2 Å². The lowest BCUT2D eigenvalue weighted by molar-refractivity contribution is 0.102. The van der Waals surface area contributed by atoms with E-state index in [9.17, 15) is 13.2 Å². The van der Waals surface area contributed by atoms with Crippen molar-refractivity contribution in [3.8, 4) is 0 Å². The van der Waals surface area contributed by atoms with Gasteiger partial charge in [0, 0.05) is 7.05 Å². The van der Waals surface area contributed by atoms with Gasteiger partial charge in [0.15, 0.2) is 5.82 Å². The first-order valence-corrected chi connectivity index (χ1v) is 12.0. The molecule has 1 aromatic carbocycles. The largest absolute Gasteiger partial charge is 0.305 e. The molecule has 0 spiro atoms. The molecule has 1 amide bonds. The molecule has 0 radical (unpaired) electrons. The molecule has 2 rings (SSSR count). The van der Waals surface area contributed by atoms with Crippen molar-refractivity contribution in [3.05, 3.63) is 42.0 Å². The van der Waals surface area contributed by atoms with E-state index in [0.717, 1.165) is 27.8 Å². The van der Waals surface area contributed by atoms with Crippen LogP contribution in [-0.4, -0.2) is 43.6 Å². The van der Waals surface area contributed by atoms with Gasteiger partial charge in [-0.05, 0) is 36.4 Å². The van der Waals surface area contributed by atoms with Crippen LogP contribution in [0.5, 0.6) is 0 Å². The number of anilines is 2. The van der Waals surface area contributed by atoms with Crippen LogP contribution in [0.15, 0.2) is 41.4 Å². The Labute approximate surface area is 171 Å². The molecule has 0 unspecified atom stereocenters. The molecule has 1 aromatic heterocycles. The molecule has 1 heterocycles. The normalized spacial score (nSPS) is 11.2. The number of amides is 1. The van der Waals surface area contributed by atoms with E-state index in [1.54, 1.807) is 42.1 Å². The summed E-state index contributed by atoms with van der Waals surface area (Å²) >= 11 is 1.64. The number of benzene rings is 1. The zero-order valence-corrected chi connectivity index (χ0v) is 18.0. The van der Waals surface area contributed by atoms with E-state index in [0.29, 0.717) is 11.5 Å². The van der Waals surface area contributed by atoms with Crippen LogP contribution in [-0.2, 0) is 10.0 Å². The van der Waals surface area contributed by atoms with Crippen LogP contribution < -0.4 is 9.62 Å². The predicted octanol–water partition coefficient (Wildman–Crippen LogP) is 3.80. The Bertz CT molecular complexity index is 886. The smallest absolute Gasteiger partial charge is 0.259 e. The summed E-state index contributed by atoms with van der Waals surface area (Å²) in [5.74, 6) is 0.864. The molecule has 0 saturated heterocycles. The third-order valence-electron chi connectivity index (χ3n) is 4.11. The summed E-state index contributed by atoms with van der Waals surface area (Å²) in [6, 6.07) is 10.0. The topological polar surface area (TPSA) is 92.3 Å². The fourth-order valence-corrected chi connectivity index (χ4v) is 3.81. The van der Waals surface area contributed by atoms with Crippen molar-refractivity contribution in [2.24, 2.45) is 0 Å². The minimum atomic E-state index is -3.48. The average Bonchev–Trinajstić information content (AvgIpc) is 2.67. The molecular weight excluding hydrogens is 396 g/mol. The third kappa shape index (κ3) is 6.49. The highest BCUT2D eigenvalue weighted by molar-refractivity contribution is 7.99. The third-order valence-corrected chi connectivity index (χ3v) is 6.31. The van der Waals surface area contributed by atoms with Crippen LogP contribution in [0.1, 0.15) is 43.0 Å². The number of sulfonamides is 1. The number of thioether (sulfide) groups is 1. The Morgan fingerprint density at radius 1 is 1.11 bits per heavy atom. The highest BCUT2D eigenvalue weighted by atomic mass is 32.2. The number of unbranched alkanes of at least 4 members (excludes halogenated alkanes) is 3. The monoisotopic (exact) mass is 422 g/mol. The van der Waals surface area contributed by atoms with Crippen molar-refractivity contribution in [3.63, 3.8) is 0 Å². The Morgan fingerprint density at radius 2 is 1.86 bits per heavy atom. The van der Waals surface area contributed by atoms with Crippen molar-refractivity contribution in [2.75, 3.05) is 28.7 Å². The first-order valence-electron chi connectivity index (χ1n) is 9.13. The number of para-hydroxylation sites is 1. The molecule has 0 aliphatic rings. The van der Waals surface area contributed by atoms with Crippen LogP contribution in [0.4, 0.5) is 11.5 Å². The first kappa shape index (κ1) is 22.2. The second-order valence-electron chi connectivity index (χ2n) is 6.37. The van der Waals surface area contributed by atoms with E-state index in [1.807, 2.05) is 6.07 Å². The Kier molecular flexibility index (Phi) is 8.25. The van der Waals surface area contributed by atoms with Crippen molar-refractivity contribution in [2.45, 2.75) is 37.6 Å². The zero-order valence-electron chi connectivity index (χ0n) is 16.4. The minimum absolute atomic E-state index is 0.242. The van der Waals surface area contributed by atoms with E-state index >= 15 is 0 Å². The molecule has 0 aliphatic heterocycles. The van der Waals surface area contributed by atoms with Gasteiger partial charge in [-0.15, -0.1) is 22.0 Å². The molecule has 152 valence electrons. The van der Waals surface area contributed by atoms with Crippen LogP contribution in [0.2, 0.25) is 0 Å². The lowest BCUT2D eigenvalue weighted by Crippen LogP contribution is -2.27. The molecule has 7 nitrogen and oxygen atoms in total. The average molecular weight is 423 g/mol. The lowest BCUT2D eigenvalue weighted by Gasteiger charge is -2.19. The maximum Gasteiger partial charge on any atom is 0.259 e. The van der Waals surface area contributed by atoms with E-state index < -0.39 is 15.9 Å².